The highest BCUT2D eigenvalue weighted by atomic mass is 35.5. The molecular formula is C12H16Cl3NO. The first-order valence-electron chi connectivity index (χ1n) is 5.41. The van der Waals surface area contributed by atoms with E-state index in [0.29, 0.717) is 23.2 Å². The molecule has 0 radical (unpaired) electrons. The lowest BCUT2D eigenvalue weighted by atomic mass is 10.2. The third-order valence-corrected chi connectivity index (χ3v) is 3.24. The first-order chi connectivity index (χ1) is 8.13. The van der Waals surface area contributed by atoms with Gasteiger partial charge in [-0.15, -0.1) is 11.6 Å². The largest absolute Gasteiger partial charge is 0.383 e. The maximum absolute atomic E-state index is 6.05. The highest BCUT2D eigenvalue weighted by Gasteiger charge is 2.04. The molecule has 1 atom stereocenters. The summed E-state index contributed by atoms with van der Waals surface area (Å²) in [6.07, 6.45) is 0.862. The Hall–Kier alpha value is 0.01000. The third-order valence-electron chi connectivity index (χ3n) is 2.31. The third kappa shape index (κ3) is 5.94. The molecule has 0 saturated carbocycles. The van der Waals surface area contributed by atoms with Gasteiger partial charge >= 0.3 is 0 Å². The lowest BCUT2D eigenvalue weighted by molar-refractivity contribution is 0.195. The van der Waals surface area contributed by atoms with E-state index in [0.717, 1.165) is 18.5 Å². The second kappa shape index (κ2) is 8.17. The SMILES string of the molecule is COCC(Cl)CCNCc1ccc(Cl)cc1Cl. The van der Waals surface area contributed by atoms with Gasteiger partial charge in [0.05, 0.1) is 12.0 Å². The van der Waals surface area contributed by atoms with E-state index >= 15 is 0 Å². The number of nitrogens with one attached hydrogen (secondary N) is 1. The van der Waals surface area contributed by atoms with E-state index in [1.54, 1.807) is 13.2 Å². The molecule has 0 bridgehead atoms. The van der Waals surface area contributed by atoms with Gasteiger partial charge in [-0.25, -0.2) is 0 Å². The smallest absolute Gasteiger partial charge is 0.0626 e. The average Bonchev–Trinajstić information content (AvgIpc) is 2.27. The molecule has 0 spiro atoms. The van der Waals surface area contributed by atoms with Gasteiger partial charge in [0.2, 0.25) is 0 Å². The normalized spacial score (nSPS) is 12.7. The molecule has 1 unspecified atom stereocenters. The molecule has 0 aliphatic rings. The van der Waals surface area contributed by atoms with Gasteiger partial charge in [0.15, 0.2) is 0 Å². The standard InChI is InChI=1S/C12H16Cl3NO/c1-17-8-11(14)4-5-16-7-9-2-3-10(13)6-12(9)15/h2-3,6,11,16H,4-5,7-8H2,1H3. The summed E-state index contributed by atoms with van der Waals surface area (Å²) in [7, 11) is 1.65. The number of methoxy groups -OCH3 is 1. The number of hydrogen-bond donors (Lipinski definition) is 1. The maximum atomic E-state index is 6.05. The average molecular weight is 297 g/mol. The number of hydrogen-bond acceptors (Lipinski definition) is 2. The Kier molecular flexibility index (Phi) is 7.24. The molecule has 17 heavy (non-hydrogen) atoms. The number of ether oxygens (including phenoxy) is 1. The molecule has 2 nitrogen and oxygen atoms in total. The molecule has 1 aromatic carbocycles. The lowest BCUT2D eigenvalue weighted by Gasteiger charge is -2.10. The predicted molar refractivity (Wildman–Crippen MR) is 74.3 cm³/mol. The first-order valence-corrected chi connectivity index (χ1v) is 6.60. The number of benzene rings is 1. The molecule has 0 aliphatic carbocycles. The molecule has 1 aromatic rings. The summed E-state index contributed by atoms with van der Waals surface area (Å²) in [6, 6.07) is 5.50. The number of rotatable bonds is 7. The van der Waals surface area contributed by atoms with Gasteiger partial charge in [-0.3, -0.25) is 0 Å². The van der Waals surface area contributed by atoms with Crippen LogP contribution in [0.25, 0.3) is 0 Å². The Bertz CT molecular complexity index is 347. The van der Waals surface area contributed by atoms with Crippen molar-refractivity contribution >= 4 is 34.8 Å². The van der Waals surface area contributed by atoms with Crippen molar-refractivity contribution in [2.75, 3.05) is 20.3 Å². The second-order valence-corrected chi connectivity index (χ2v) is 5.21. The van der Waals surface area contributed by atoms with Crippen LogP contribution in [0.3, 0.4) is 0 Å². The van der Waals surface area contributed by atoms with Crippen LogP contribution in [0.15, 0.2) is 18.2 Å². The molecule has 1 N–H and O–H groups in total. The zero-order valence-corrected chi connectivity index (χ0v) is 11.9. The molecular weight excluding hydrogens is 280 g/mol. The van der Waals surface area contributed by atoms with Gasteiger partial charge in [-0.05, 0) is 30.7 Å². The van der Waals surface area contributed by atoms with Crippen molar-refractivity contribution in [2.24, 2.45) is 0 Å². The van der Waals surface area contributed by atoms with Crippen molar-refractivity contribution in [1.29, 1.82) is 0 Å². The van der Waals surface area contributed by atoms with Crippen molar-refractivity contribution in [3.8, 4) is 0 Å². The van der Waals surface area contributed by atoms with Crippen LogP contribution in [0, 0.1) is 0 Å². The van der Waals surface area contributed by atoms with Crippen molar-refractivity contribution in [3.63, 3.8) is 0 Å². The van der Waals surface area contributed by atoms with Crippen LogP contribution in [0.4, 0.5) is 0 Å². The maximum Gasteiger partial charge on any atom is 0.0626 e. The van der Waals surface area contributed by atoms with Gasteiger partial charge in [-0.2, -0.15) is 0 Å². The molecule has 0 aromatic heterocycles. The van der Waals surface area contributed by atoms with Crippen LogP contribution in [-0.2, 0) is 11.3 Å². The molecule has 0 heterocycles. The summed E-state index contributed by atoms with van der Waals surface area (Å²) < 4.78 is 4.96. The zero-order valence-electron chi connectivity index (χ0n) is 9.68. The summed E-state index contributed by atoms with van der Waals surface area (Å²) in [6.45, 7) is 2.12. The Morgan fingerprint density at radius 3 is 2.76 bits per heavy atom. The van der Waals surface area contributed by atoms with Crippen LogP contribution in [0.2, 0.25) is 10.0 Å². The second-order valence-electron chi connectivity index (χ2n) is 3.75. The fraction of sp³-hybridized carbons (Fsp3) is 0.500. The van der Waals surface area contributed by atoms with E-state index in [1.165, 1.54) is 0 Å². The predicted octanol–water partition coefficient (Wildman–Crippen LogP) is 3.73. The molecule has 0 amide bonds. The van der Waals surface area contributed by atoms with E-state index in [4.69, 9.17) is 39.5 Å². The molecule has 1 rings (SSSR count). The minimum absolute atomic E-state index is 0.0492. The fourth-order valence-electron chi connectivity index (χ4n) is 1.41. The van der Waals surface area contributed by atoms with Crippen LogP contribution >= 0.6 is 34.8 Å². The van der Waals surface area contributed by atoms with Gasteiger partial charge in [-0.1, -0.05) is 29.3 Å². The Balaban J connectivity index is 2.26. The summed E-state index contributed by atoms with van der Waals surface area (Å²) >= 11 is 17.9. The number of halogens is 3. The summed E-state index contributed by atoms with van der Waals surface area (Å²) in [5.41, 5.74) is 1.04. The fourth-order valence-corrected chi connectivity index (χ4v) is 2.12. The molecule has 0 fully saturated rings. The minimum Gasteiger partial charge on any atom is -0.383 e. The lowest BCUT2D eigenvalue weighted by Crippen LogP contribution is -2.20. The first kappa shape index (κ1) is 15.1. The van der Waals surface area contributed by atoms with Gasteiger partial charge in [0.25, 0.3) is 0 Å². The van der Waals surface area contributed by atoms with Gasteiger partial charge in [0.1, 0.15) is 0 Å². The molecule has 0 saturated heterocycles. The van der Waals surface area contributed by atoms with Crippen LogP contribution in [0.1, 0.15) is 12.0 Å². The van der Waals surface area contributed by atoms with Crippen molar-refractivity contribution in [1.82, 2.24) is 5.32 Å². The Labute approximate surface area is 117 Å². The van der Waals surface area contributed by atoms with E-state index < -0.39 is 0 Å². The van der Waals surface area contributed by atoms with Crippen LogP contribution in [-0.4, -0.2) is 25.6 Å². The monoisotopic (exact) mass is 295 g/mol. The van der Waals surface area contributed by atoms with E-state index in [9.17, 15) is 0 Å². The van der Waals surface area contributed by atoms with Crippen molar-refractivity contribution in [3.05, 3.63) is 33.8 Å². The highest BCUT2D eigenvalue weighted by molar-refractivity contribution is 6.35. The van der Waals surface area contributed by atoms with Crippen LogP contribution < -0.4 is 5.32 Å². The van der Waals surface area contributed by atoms with E-state index in [-0.39, 0.29) is 5.38 Å². The topological polar surface area (TPSA) is 21.3 Å². The quantitative estimate of drug-likeness (QED) is 0.611. The zero-order chi connectivity index (χ0) is 12.7. The van der Waals surface area contributed by atoms with Gasteiger partial charge in [0, 0.05) is 23.7 Å². The molecule has 0 aliphatic heterocycles. The Morgan fingerprint density at radius 1 is 1.35 bits per heavy atom. The van der Waals surface area contributed by atoms with Crippen molar-refractivity contribution in [2.45, 2.75) is 18.3 Å². The molecule has 5 heteroatoms. The summed E-state index contributed by atoms with van der Waals surface area (Å²) in [5.74, 6) is 0. The summed E-state index contributed by atoms with van der Waals surface area (Å²) in [5, 5.41) is 4.67. The van der Waals surface area contributed by atoms with E-state index in [1.807, 2.05) is 12.1 Å². The van der Waals surface area contributed by atoms with E-state index in [2.05, 4.69) is 5.32 Å². The summed E-state index contributed by atoms with van der Waals surface area (Å²) in [4.78, 5) is 0. The van der Waals surface area contributed by atoms with Crippen LogP contribution in [0.5, 0.6) is 0 Å². The minimum atomic E-state index is 0.0492. The van der Waals surface area contributed by atoms with Crippen molar-refractivity contribution < 1.29 is 4.74 Å². The number of alkyl halides is 1. The highest BCUT2D eigenvalue weighted by Crippen LogP contribution is 2.20. The molecule has 96 valence electrons. The Morgan fingerprint density at radius 2 is 2.12 bits per heavy atom. The van der Waals surface area contributed by atoms with Gasteiger partial charge < -0.3 is 10.1 Å².